The third-order valence-electron chi connectivity index (χ3n) is 4.85. The molecular weight excluding hydrogens is 368 g/mol. The third kappa shape index (κ3) is 8.03. The minimum atomic E-state index is 0.0432. The van der Waals surface area contributed by atoms with Gasteiger partial charge in [-0.1, -0.05) is 38.1 Å². The van der Waals surface area contributed by atoms with Gasteiger partial charge in [-0.3, -0.25) is 9.79 Å². The number of likely N-dealkylation sites (tertiary alicyclic amines) is 1. The van der Waals surface area contributed by atoms with E-state index in [0.29, 0.717) is 33.0 Å². The van der Waals surface area contributed by atoms with Crippen molar-refractivity contribution in [3.63, 3.8) is 0 Å². The summed E-state index contributed by atoms with van der Waals surface area (Å²) in [5, 5.41) is 6.80. The number of guanidine groups is 1. The fourth-order valence-corrected chi connectivity index (χ4v) is 3.30. The zero-order chi connectivity index (χ0) is 21.1. The number of amides is 1. The Hall–Kier alpha value is -2.12. The lowest BCUT2D eigenvalue weighted by molar-refractivity contribution is -0.133. The fraction of sp³-hybridized carbons (Fsp3) is 0.636. The molecule has 29 heavy (non-hydrogen) atoms. The van der Waals surface area contributed by atoms with Crippen molar-refractivity contribution in [2.75, 3.05) is 40.0 Å². The van der Waals surface area contributed by atoms with Gasteiger partial charge in [-0.05, 0) is 24.5 Å². The van der Waals surface area contributed by atoms with Crippen molar-refractivity contribution in [1.82, 2.24) is 15.5 Å². The molecule has 1 unspecified atom stereocenters. The SMILES string of the molecule is CCOCCOCc1cccc(CNC(=NC)NC2CCN(C(=O)C(C)C)C2)c1. The van der Waals surface area contributed by atoms with Gasteiger partial charge in [-0.2, -0.15) is 0 Å². The molecule has 162 valence electrons. The summed E-state index contributed by atoms with van der Waals surface area (Å²) >= 11 is 0. The van der Waals surface area contributed by atoms with E-state index in [1.807, 2.05) is 31.7 Å². The first kappa shape index (κ1) is 23.2. The largest absolute Gasteiger partial charge is 0.379 e. The van der Waals surface area contributed by atoms with E-state index in [4.69, 9.17) is 9.47 Å². The Balaban J connectivity index is 1.76. The molecule has 1 aliphatic heterocycles. The maximum absolute atomic E-state index is 12.2. The Bertz CT molecular complexity index is 663. The summed E-state index contributed by atoms with van der Waals surface area (Å²) in [5.41, 5.74) is 2.31. The van der Waals surface area contributed by atoms with Gasteiger partial charge in [-0.25, -0.2) is 0 Å². The number of hydrogen-bond acceptors (Lipinski definition) is 4. The number of rotatable bonds is 10. The monoisotopic (exact) mass is 404 g/mol. The van der Waals surface area contributed by atoms with Crippen LogP contribution in [-0.4, -0.2) is 62.8 Å². The van der Waals surface area contributed by atoms with Crippen molar-refractivity contribution in [3.8, 4) is 0 Å². The molecule has 0 aromatic heterocycles. The average molecular weight is 405 g/mol. The van der Waals surface area contributed by atoms with Crippen LogP contribution >= 0.6 is 0 Å². The van der Waals surface area contributed by atoms with Crippen LogP contribution in [0.3, 0.4) is 0 Å². The van der Waals surface area contributed by atoms with Crippen LogP contribution in [0.15, 0.2) is 29.3 Å². The number of carbonyl (C=O) groups is 1. The van der Waals surface area contributed by atoms with Crippen LogP contribution in [0.4, 0.5) is 0 Å². The highest BCUT2D eigenvalue weighted by atomic mass is 16.5. The molecule has 1 atom stereocenters. The molecule has 1 amide bonds. The topological polar surface area (TPSA) is 75.2 Å². The van der Waals surface area contributed by atoms with Crippen molar-refractivity contribution in [2.45, 2.75) is 46.4 Å². The van der Waals surface area contributed by atoms with Crippen molar-refractivity contribution in [1.29, 1.82) is 0 Å². The molecule has 0 saturated carbocycles. The van der Waals surface area contributed by atoms with Crippen LogP contribution in [0, 0.1) is 5.92 Å². The summed E-state index contributed by atoms with van der Waals surface area (Å²) in [7, 11) is 1.77. The van der Waals surface area contributed by atoms with Gasteiger partial charge in [0.1, 0.15) is 0 Å². The van der Waals surface area contributed by atoms with Gasteiger partial charge in [0.25, 0.3) is 0 Å². The van der Waals surface area contributed by atoms with E-state index in [9.17, 15) is 4.79 Å². The van der Waals surface area contributed by atoms with E-state index in [0.717, 1.165) is 31.0 Å². The first-order chi connectivity index (χ1) is 14.0. The predicted octanol–water partition coefficient (Wildman–Crippen LogP) is 2.16. The molecule has 1 fully saturated rings. The lowest BCUT2D eigenvalue weighted by Crippen LogP contribution is -2.45. The normalized spacial score (nSPS) is 17.1. The number of hydrogen-bond donors (Lipinski definition) is 2. The highest BCUT2D eigenvalue weighted by Crippen LogP contribution is 2.13. The fourth-order valence-electron chi connectivity index (χ4n) is 3.30. The first-order valence-corrected chi connectivity index (χ1v) is 10.5. The lowest BCUT2D eigenvalue weighted by atomic mass is 10.1. The molecule has 0 bridgehead atoms. The molecule has 7 heteroatoms. The second-order valence-electron chi connectivity index (χ2n) is 7.56. The van der Waals surface area contributed by atoms with Crippen molar-refractivity contribution in [2.24, 2.45) is 10.9 Å². The number of carbonyl (C=O) groups excluding carboxylic acids is 1. The summed E-state index contributed by atoms with van der Waals surface area (Å²) in [5.74, 6) is 1.02. The summed E-state index contributed by atoms with van der Waals surface area (Å²) in [6, 6.07) is 8.56. The highest BCUT2D eigenvalue weighted by Gasteiger charge is 2.27. The lowest BCUT2D eigenvalue weighted by Gasteiger charge is -2.20. The Kier molecular flexibility index (Phi) is 9.94. The maximum Gasteiger partial charge on any atom is 0.225 e. The molecule has 1 saturated heterocycles. The molecule has 2 rings (SSSR count). The van der Waals surface area contributed by atoms with E-state index < -0.39 is 0 Å². The minimum Gasteiger partial charge on any atom is -0.379 e. The molecule has 1 aromatic rings. The molecule has 1 aromatic carbocycles. The maximum atomic E-state index is 12.2. The van der Waals surface area contributed by atoms with Crippen LogP contribution < -0.4 is 10.6 Å². The molecular formula is C22H36N4O3. The van der Waals surface area contributed by atoms with Crippen LogP contribution in [0.25, 0.3) is 0 Å². The zero-order valence-electron chi connectivity index (χ0n) is 18.2. The number of aliphatic imine (C=N–C) groups is 1. The third-order valence-corrected chi connectivity index (χ3v) is 4.85. The smallest absolute Gasteiger partial charge is 0.225 e. The molecule has 1 heterocycles. The zero-order valence-corrected chi connectivity index (χ0v) is 18.2. The number of ether oxygens (including phenoxy) is 2. The molecule has 0 spiro atoms. The minimum absolute atomic E-state index is 0.0432. The number of nitrogens with zero attached hydrogens (tertiary/aromatic N) is 2. The quantitative estimate of drug-likeness (QED) is 0.355. The second kappa shape index (κ2) is 12.4. The van der Waals surface area contributed by atoms with E-state index >= 15 is 0 Å². The van der Waals surface area contributed by atoms with Crippen LogP contribution in [0.1, 0.15) is 38.3 Å². The van der Waals surface area contributed by atoms with Gasteiger partial charge in [0, 0.05) is 45.2 Å². The van der Waals surface area contributed by atoms with Gasteiger partial charge in [0.2, 0.25) is 5.91 Å². The van der Waals surface area contributed by atoms with E-state index in [1.165, 1.54) is 5.56 Å². The molecule has 2 N–H and O–H groups in total. The van der Waals surface area contributed by atoms with Crippen LogP contribution in [-0.2, 0) is 27.4 Å². The average Bonchev–Trinajstić information content (AvgIpc) is 3.19. The Labute approximate surface area is 174 Å². The Morgan fingerprint density at radius 2 is 2.03 bits per heavy atom. The Morgan fingerprint density at radius 1 is 1.28 bits per heavy atom. The van der Waals surface area contributed by atoms with E-state index in [-0.39, 0.29) is 17.9 Å². The number of benzene rings is 1. The van der Waals surface area contributed by atoms with Crippen molar-refractivity contribution in [3.05, 3.63) is 35.4 Å². The van der Waals surface area contributed by atoms with Gasteiger partial charge in [-0.15, -0.1) is 0 Å². The Morgan fingerprint density at radius 3 is 2.76 bits per heavy atom. The van der Waals surface area contributed by atoms with Gasteiger partial charge in [0.05, 0.1) is 19.8 Å². The van der Waals surface area contributed by atoms with E-state index in [2.05, 4.69) is 33.8 Å². The van der Waals surface area contributed by atoms with Gasteiger partial charge >= 0.3 is 0 Å². The molecule has 0 radical (unpaired) electrons. The van der Waals surface area contributed by atoms with E-state index in [1.54, 1.807) is 7.05 Å². The van der Waals surface area contributed by atoms with Crippen LogP contribution in [0.5, 0.6) is 0 Å². The summed E-state index contributed by atoms with van der Waals surface area (Å²) in [4.78, 5) is 18.4. The summed E-state index contributed by atoms with van der Waals surface area (Å²) in [6.07, 6.45) is 0.938. The van der Waals surface area contributed by atoms with Crippen molar-refractivity contribution < 1.29 is 14.3 Å². The molecule has 1 aliphatic rings. The standard InChI is InChI=1S/C22H36N4O3/c1-5-28-11-12-29-16-19-8-6-7-18(13-19)14-24-22(23-4)25-20-9-10-26(15-20)21(27)17(2)3/h6-8,13,17,20H,5,9-12,14-16H2,1-4H3,(H2,23,24,25). The first-order valence-electron chi connectivity index (χ1n) is 10.5. The van der Waals surface area contributed by atoms with Crippen LogP contribution in [0.2, 0.25) is 0 Å². The molecule has 0 aliphatic carbocycles. The van der Waals surface area contributed by atoms with Gasteiger partial charge in [0.15, 0.2) is 5.96 Å². The predicted molar refractivity (Wildman–Crippen MR) is 116 cm³/mol. The van der Waals surface area contributed by atoms with Crippen molar-refractivity contribution >= 4 is 11.9 Å². The van der Waals surface area contributed by atoms with Gasteiger partial charge < -0.3 is 25.0 Å². The number of nitrogens with one attached hydrogen (secondary N) is 2. The molecule has 7 nitrogen and oxygen atoms in total. The second-order valence-corrected chi connectivity index (χ2v) is 7.56. The highest BCUT2D eigenvalue weighted by molar-refractivity contribution is 5.81. The summed E-state index contributed by atoms with van der Waals surface area (Å²) < 4.78 is 10.9. The summed E-state index contributed by atoms with van der Waals surface area (Å²) in [6.45, 7) is 10.6.